The molecule has 2 heterocycles. The number of ether oxygens (including phenoxy) is 3. The summed E-state index contributed by atoms with van der Waals surface area (Å²) in [5, 5.41) is 3.22. The smallest absolute Gasteiger partial charge is 0.388 e. The number of aromatic nitrogens is 1. The fraction of sp³-hybridized carbons (Fsp3) is 0.667. The van der Waals surface area contributed by atoms with Crippen LogP contribution in [0.5, 0.6) is 11.8 Å². The lowest BCUT2D eigenvalue weighted by molar-refractivity contribution is -0.0533. The first-order chi connectivity index (χ1) is 10.5. The number of alkyl halides is 2. The van der Waals surface area contributed by atoms with Crippen LogP contribution in [0.4, 0.5) is 8.78 Å². The average molecular weight is 316 g/mol. The SMILES string of the molecule is CO[C@H]1CNC[C@@H](Oc2nc(OC(F)F)ccc2C(C)C)C1. The van der Waals surface area contributed by atoms with Crippen molar-refractivity contribution in [3.8, 4) is 11.8 Å². The van der Waals surface area contributed by atoms with E-state index in [4.69, 9.17) is 9.47 Å². The van der Waals surface area contributed by atoms with Gasteiger partial charge in [0.2, 0.25) is 11.8 Å². The highest BCUT2D eigenvalue weighted by Crippen LogP contribution is 2.29. The lowest BCUT2D eigenvalue weighted by atomic mass is 10.0. The van der Waals surface area contributed by atoms with Gasteiger partial charge in [0.1, 0.15) is 6.10 Å². The molecule has 0 unspecified atom stereocenters. The summed E-state index contributed by atoms with van der Waals surface area (Å²) in [5.41, 5.74) is 0.862. The lowest BCUT2D eigenvalue weighted by Crippen LogP contribution is -2.45. The zero-order valence-corrected chi connectivity index (χ0v) is 13.0. The highest BCUT2D eigenvalue weighted by atomic mass is 19.3. The van der Waals surface area contributed by atoms with Crippen LogP contribution in [0.3, 0.4) is 0 Å². The van der Waals surface area contributed by atoms with Gasteiger partial charge >= 0.3 is 6.61 Å². The third-order valence-electron chi connectivity index (χ3n) is 3.58. The third kappa shape index (κ3) is 4.51. The molecular formula is C15H22F2N2O3. The molecule has 0 spiro atoms. The van der Waals surface area contributed by atoms with Crippen LogP contribution in [-0.4, -0.2) is 44.0 Å². The minimum Gasteiger partial charge on any atom is -0.473 e. The molecule has 5 nitrogen and oxygen atoms in total. The van der Waals surface area contributed by atoms with Crippen LogP contribution in [0, 0.1) is 0 Å². The van der Waals surface area contributed by atoms with E-state index in [2.05, 4.69) is 15.0 Å². The van der Waals surface area contributed by atoms with E-state index in [1.165, 1.54) is 6.07 Å². The second-order valence-electron chi connectivity index (χ2n) is 5.57. The minimum absolute atomic E-state index is 0.0711. The highest BCUT2D eigenvalue weighted by Gasteiger charge is 2.25. The molecule has 0 saturated carbocycles. The molecule has 1 saturated heterocycles. The van der Waals surface area contributed by atoms with Crippen LogP contribution in [0.2, 0.25) is 0 Å². The van der Waals surface area contributed by atoms with Gasteiger partial charge in [-0.2, -0.15) is 13.8 Å². The van der Waals surface area contributed by atoms with Gasteiger partial charge < -0.3 is 19.5 Å². The van der Waals surface area contributed by atoms with Crippen LogP contribution in [-0.2, 0) is 4.74 Å². The molecule has 22 heavy (non-hydrogen) atoms. The Kier molecular flexibility index (Phi) is 5.90. The molecule has 1 aromatic rings. The average Bonchev–Trinajstić information content (AvgIpc) is 2.46. The van der Waals surface area contributed by atoms with Crippen LogP contribution in [0.1, 0.15) is 31.7 Å². The monoisotopic (exact) mass is 316 g/mol. The van der Waals surface area contributed by atoms with E-state index in [1.807, 2.05) is 13.8 Å². The second-order valence-corrected chi connectivity index (χ2v) is 5.57. The minimum atomic E-state index is -2.90. The maximum Gasteiger partial charge on any atom is 0.388 e. The number of methoxy groups -OCH3 is 1. The quantitative estimate of drug-likeness (QED) is 0.874. The normalized spacial score (nSPS) is 22.1. The fourth-order valence-corrected chi connectivity index (χ4v) is 2.42. The number of piperidine rings is 1. The molecule has 0 bridgehead atoms. The van der Waals surface area contributed by atoms with E-state index in [0.717, 1.165) is 18.5 Å². The van der Waals surface area contributed by atoms with Crippen molar-refractivity contribution in [2.24, 2.45) is 0 Å². The van der Waals surface area contributed by atoms with Crippen molar-refractivity contribution in [3.05, 3.63) is 17.7 Å². The lowest BCUT2D eigenvalue weighted by Gasteiger charge is -2.30. The Morgan fingerprint density at radius 3 is 2.59 bits per heavy atom. The number of halogens is 2. The summed E-state index contributed by atoms with van der Waals surface area (Å²) in [6.07, 6.45) is 0.676. The Bertz CT molecular complexity index is 486. The molecule has 0 radical (unpaired) electrons. The first kappa shape index (κ1) is 16.9. The van der Waals surface area contributed by atoms with Crippen molar-refractivity contribution in [1.82, 2.24) is 10.3 Å². The molecule has 0 aliphatic carbocycles. The molecule has 7 heteroatoms. The van der Waals surface area contributed by atoms with Gasteiger partial charge in [-0.05, 0) is 12.0 Å². The van der Waals surface area contributed by atoms with Gasteiger partial charge in [0.25, 0.3) is 0 Å². The molecule has 2 rings (SSSR count). The van der Waals surface area contributed by atoms with Gasteiger partial charge in [0.05, 0.1) is 6.10 Å². The molecule has 0 amide bonds. The number of rotatable bonds is 6. The van der Waals surface area contributed by atoms with E-state index in [-0.39, 0.29) is 24.0 Å². The fourth-order valence-electron chi connectivity index (χ4n) is 2.42. The summed E-state index contributed by atoms with van der Waals surface area (Å²) in [7, 11) is 1.66. The van der Waals surface area contributed by atoms with Crippen molar-refractivity contribution in [2.45, 2.75) is 45.0 Å². The maximum atomic E-state index is 12.3. The molecule has 2 atom stereocenters. The predicted molar refractivity (Wildman–Crippen MR) is 77.7 cm³/mol. The molecule has 1 fully saturated rings. The second kappa shape index (κ2) is 7.69. The molecule has 124 valence electrons. The Morgan fingerprint density at radius 2 is 1.95 bits per heavy atom. The van der Waals surface area contributed by atoms with E-state index in [9.17, 15) is 8.78 Å². The first-order valence-corrected chi connectivity index (χ1v) is 7.35. The van der Waals surface area contributed by atoms with Crippen molar-refractivity contribution in [2.75, 3.05) is 20.2 Å². The topological polar surface area (TPSA) is 52.6 Å². The molecule has 1 aliphatic rings. The summed E-state index contributed by atoms with van der Waals surface area (Å²) < 4.78 is 40.3. The number of pyridine rings is 1. The van der Waals surface area contributed by atoms with E-state index < -0.39 is 6.61 Å². The number of nitrogens with one attached hydrogen (secondary N) is 1. The molecule has 0 aromatic carbocycles. The highest BCUT2D eigenvalue weighted by molar-refractivity contribution is 5.33. The Hall–Kier alpha value is -1.47. The van der Waals surface area contributed by atoms with Crippen molar-refractivity contribution < 1.29 is 23.0 Å². The van der Waals surface area contributed by atoms with Gasteiger partial charge in [-0.1, -0.05) is 13.8 Å². The van der Waals surface area contributed by atoms with E-state index in [0.29, 0.717) is 12.4 Å². The third-order valence-corrected chi connectivity index (χ3v) is 3.58. The van der Waals surface area contributed by atoms with Gasteiger partial charge in [0, 0.05) is 38.2 Å². The van der Waals surface area contributed by atoms with E-state index in [1.54, 1.807) is 13.2 Å². The molecule has 1 aromatic heterocycles. The van der Waals surface area contributed by atoms with Crippen LogP contribution < -0.4 is 14.8 Å². The molecular weight excluding hydrogens is 294 g/mol. The summed E-state index contributed by atoms with van der Waals surface area (Å²) in [5.74, 6) is 0.371. The first-order valence-electron chi connectivity index (χ1n) is 7.35. The number of nitrogens with zero attached hydrogens (tertiary/aromatic N) is 1. The van der Waals surface area contributed by atoms with Crippen molar-refractivity contribution in [3.63, 3.8) is 0 Å². The molecule has 1 aliphatic heterocycles. The van der Waals surface area contributed by atoms with Gasteiger partial charge in [0.15, 0.2) is 0 Å². The molecule has 1 N–H and O–H groups in total. The van der Waals surface area contributed by atoms with Crippen molar-refractivity contribution in [1.29, 1.82) is 0 Å². The summed E-state index contributed by atoms with van der Waals surface area (Å²) >= 11 is 0. The van der Waals surface area contributed by atoms with Gasteiger partial charge in [-0.25, -0.2) is 0 Å². The zero-order valence-electron chi connectivity index (χ0n) is 13.0. The van der Waals surface area contributed by atoms with E-state index >= 15 is 0 Å². The predicted octanol–water partition coefficient (Wildman–Crippen LogP) is 2.56. The van der Waals surface area contributed by atoms with Crippen LogP contribution >= 0.6 is 0 Å². The van der Waals surface area contributed by atoms with Gasteiger partial charge in [-0.15, -0.1) is 0 Å². The number of hydrogen-bond acceptors (Lipinski definition) is 5. The largest absolute Gasteiger partial charge is 0.473 e. The standard InChI is InChI=1S/C15H22F2N2O3/c1-9(2)12-4-5-13(22-15(16)17)19-14(12)21-11-6-10(20-3)7-18-8-11/h4-5,9-11,15,18H,6-8H2,1-3H3/t10-,11+/m1/s1. The van der Waals surface area contributed by atoms with Gasteiger partial charge in [-0.3, -0.25) is 0 Å². The Balaban J connectivity index is 2.15. The maximum absolute atomic E-state index is 12.3. The Morgan fingerprint density at radius 1 is 1.23 bits per heavy atom. The summed E-state index contributed by atoms with van der Waals surface area (Å²) in [6, 6.07) is 3.15. The Labute approximate surface area is 129 Å². The van der Waals surface area contributed by atoms with Crippen LogP contribution in [0.25, 0.3) is 0 Å². The summed E-state index contributed by atoms with van der Waals surface area (Å²) in [4.78, 5) is 4.09. The summed E-state index contributed by atoms with van der Waals surface area (Å²) in [6.45, 7) is 2.52. The van der Waals surface area contributed by atoms with Crippen molar-refractivity contribution >= 4 is 0 Å². The van der Waals surface area contributed by atoms with Crippen LogP contribution in [0.15, 0.2) is 12.1 Å². The zero-order chi connectivity index (χ0) is 16.1. The number of hydrogen-bond donors (Lipinski definition) is 1.